The molecule has 0 fully saturated rings. The summed E-state index contributed by atoms with van der Waals surface area (Å²) in [6, 6.07) is 3.89. The third-order valence-corrected chi connectivity index (χ3v) is 3.82. The van der Waals surface area contributed by atoms with Gasteiger partial charge in [0.2, 0.25) is 0 Å². The molecule has 2 nitrogen and oxygen atoms in total. The Labute approximate surface area is 102 Å². The molecule has 0 radical (unpaired) electrons. The average Bonchev–Trinajstić information content (AvgIpc) is 2.25. The number of phenolic OH excluding ortho intramolecular Hbond substituents is 1. The zero-order valence-electron chi connectivity index (χ0n) is 10.5. The lowest BCUT2D eigenvalue weighted by molar-refractivity contribution is 0.464. The third-order valence-electron chi connectivity index (χ3n) is 2.84. The molecular weight excluding hydrogens is 218 g/mol. The monoisotopic (exact) mass is 239 g/mol. The van der Waals surface area contributed by atoms with E-state index in [0.717, 1.165) is 24.2 Å². The molecule has 0 saturated carbocycles. The molecule has 2 N–H and O–H groups in total. The van der Waals surface area contributed by atoms with Crippen LogP contribution in [0, 0.1) is 13.8 Å². The lowest BCUT2D eigenvalue weighted by Gasteiger charge is -2.12. The van der Waals surface area contributed by atoms with Gasteiger partial charge >= 0.3 is 0 Å². The zero-order chi connectivity index (χ0) is 12.1. The standard InChI is InChI=1S/C13H21NOS/c1-9-5-12(13(15)6-10(9)2)8-14-7-11(3)16-4/h5-6,11,14-15H,7-8H2,1-4H3. The van der Waals surface area contributed by atoms with Crippen LogP contribution in [0.5, 0.6) is 5.75 Å². The molecule has 1 aromatic carbocycles. The maximum Gasteiger partial charge on any atom is 0.120 e. The average molecular weight is 239 g/mol. The molecule has 0 aliphatic carbocycles. The van der Waals surface area contributed by atoms with E-state index in [1.54, 1.807) is 0 Å². The van der Waals surface area contributed by atoms with Gasteiger partial charge in [0.1, 0.15) is 5.75 Å². The minimum atomic E-state index is 0.396. The quantitative estimate of drug-likeness (QED) is 0.828. The van der Waals surface area contributed by atoms with E-state index in [4.69, 9.17) is 0 Å². The molecule has 1 rings (SSSR count). The lowest BCUT2D eigenvalue weighted by atomic mass is 10.1. The number of hydrogen-bond donors (Lipinski definition) is 2. The van der Waals surface area contributed by atoms with Crippen molar-refractivity contribution in [3.8, 4) is 5.75 Å². The molecule has 1 aromatic rings. The van der Waals surface area contributed by atoms with Crippen molar-refractivity contribution in [2.45, 2.75) is 32.6 Å². The highest BCUT2D eigenvalue weighted by Crippen LogP contribution is 2.21. The SMILES string of the molecule is CSC(C)CNCc1cc(C)c(C)cc1O. The smallest absolute Gasteiger partial charge is 0.120 e. The van der Waals surface area contributed by atoms with Crippen molar-refractivity contribution in [3.63, 3.8) is 0 Å². The van der Waals surface area contributed by atoms with Gasteiger partial charge in [-0.15, -0.1) is 0 Å². The van der Waals surface area contributed by atoms with E-state index in [-0.39, 0.29) is 0 Å². The second-order valence-electron chi connectivity index (χ2n) is 4.24. The molecular formula is C13H21NOS. The van der Waals surface area contributed by atoms with E-state index in [2.05, 4.69) is 31.5 Å². The first-order valence-corrected chi connectivity index (χ1v) is 6.86. The predicted molar refractivity (Wildman–Crippen MR) is 72.3 cm³/mol. The highest BCUT2D eigenvalue weighted by molar-refractivity contribution is 7.99. The Morgan fingerprint density at radius 3 is 2.56 bits per heavy atom. The summed E-state index contributed by atoms with van der Waals surface area (Å²) in [7, 11) is 0. The molecule has 0 spiro atoms. The molecule has 16 heavy (non-hydrogen) atoms. The van der Waals surface area contributed by atoms with Crippen molar-refractivity contribution in [1.82, 2.24) is 5.32 Å². The van der Waals surface area contributed by atoms with Gasteiger partial charge in [0.25, 0.3) is 0 Å². The molecule has 0 saturated heterocycles. The number of benzene rings is 1. The van der Waals surface area contributed by atoms with Crippen molar-refractivity contribution < 1.29 is 5.11 Å². The number of phenols is 1. The van der Waals surface area contributed by atoms with Crippen LogP contribution in [0.1, 0.15) is 23.6 Å². The van der Waals surface area contributed by atoms with Gasteiger partial charge in [-0.2, -0.15) is 11.8 Å². The van der Waals surface area contributed by atoms with E-state index in [1.807, 2.05) is 24.8 Å². The first-order valence-electron chi connectivity index (χ1n) is 5.57. The summed E-state index contributed by atoms with van der Waals surface area (Å²) in [5.41, 5.74) is 3.35. The van der Waals surface area contributed by atoms with Gasteiger partial charge in [-0.25, -0.2) is 0 Å². The van der Waals surface area contributed by atoms with Crippen molar-refractivity contribution in [2.75, 3.05) is 12.8 Å². The number of aryl methyl sites for hydroxylation is 2. The minimum absolute atomic E-state index is 0.396. The predicted octanol–water partition coefficient (Wildman–Crippen LogP) is 2.85. The molecule has 1 atom stereocenters. The van der Waals surface area contributed by atoms with E-state index < -0.39 is 0 Å². The summed E-state index contributed by atoms with van der Waals surface area (Å²) in [6.07, 6.45) is 2.11. The number of hydrogen-bond acceptors (Lipinski definition) is 3. The fraction of sp³-hybridized carbons (Fsp3) is 0.538. The Hall–Kier alpha value is -0.670. The van der Waals surface area contributed by atoms with Crippen molar-refractivity contribution in [2.24, 2.45) is 0 Å². The molecule has 0 aromatic heterocycles. The van der Waals surface area contributed by atoms with Gasteiger partial charge in [0, 0.05) is 23.9 Å². The maximum absolute atomic E-state index is 9.79. The fourth-order valence-corrected chi connectivity index (χ4v) is 1.78. The van der Waals surface area contributed by atoms with Gasteiger partial charge in [-0.05, 0) is 37.3 Å². The molecule has 0 heterocycles. The van der Waals surface area contributed by atoms with Gasteiger partial charge in [0.15, 0.2) is 0 Å². The summed E-state index contributed by atoms with van der Waals surface area (Å²) >= 11 is 1.84. The maximum atomic E-state index is 9.79. The third kappa shape index (κ3) is 3.72. The first kappa shape index (κ1) is 13.4. The summed E-state index contributed by atoms with van der Waals surface area (Å²) in [6.45, 7) is 7.98. The Kier molecular flexibility index (Phi) is 5.16. The van der Waals surface area contributed by atoms with Gasteiger partial charge in [-0.1, -0.05) is 13.0 Å². The molecule has 1 unspecified atom stereocenters. The van der Waals surface area contributed by atoms with E-state index >= 15 is 0 Å². The summed E-state index contributed by atoms with van der Waals surface area (Å²) in [5.74, 6) is 0.396. The highest BCUT2D eigenvalue weighted by atomic mass is 32.2. The van der Waals surface area contributed by atoms with E-state index in [0.29, 0.717) is 11.0 Å². The van der Waals surface area contributed by atoms with E-state index in [1.165, 1.54) is 5.56 Å². The Balaban J connectivity index is 2.57. The second-order valence-corrected chi connectivity index (χ2v) is 5.52. The van der Waals surface area contributed by atoms with Crippen molar-refractivity contribution >= 4 is 11.8 Å². The topological polar surface area (TPSA) is 32.3 Å². The van der Waals surface area contributed by atoms with Gasteiger partial charge in [0.05, 0.1) is 0 Å². The molecule has 0 bridgehead atoms. The summed E-state index contributed by atoms with van der Waals surface area (Å²) in [5, 5.41) is 13.8. The Morgan fingerprint density at radius 2 is 1.94 bits per heavy atom. The highest BCUT2D eigenvalue weighted by Gasteiger charge is 2.04. The van der Waals surface area contributed by atoms with Crippen LogP contribution in [0.25, 0.3) is 0 Å². The number of aromatic hydroxyl groups is 1. The van der Waals surface area contributed by atoms with Crippen LogP contribution in [0.2, 0.25) is 0 Å². The van der Waals surface area contributed by atoms with Gasteiger partial charge in [-0.3, -0.25) is 0 Å². The van der Waals surface area contributed by atoms with Crippen LogP contribution < -0.4 is 5.32 Å². The molecule has 90 valence electrons. The van der Waals surface area contributed by atoms with Gasteiger partial charge < -0.3 is 10.4 Å². The van der Waals surface area contributed by atoms with Crippen molar-refractivity contribution in [1.29, 1.82) is 0 Å². The summed E-state index contributed by atoms with van der Waals surface area (Å²) < 4.78 is 0. The fourth-order valence-electron chi connectivity index (χ4n) is 1.50. The second kappa shape index (κ2) is 6.16. The van der Waals surface area contributed by atoms with Crippen LogP contribution in [0.3, 0.4) is 0 Å². The Bertz CT molecular complexity index is 352. The summed E-state index contributed by atoms with van der Waals surface area (Å²) in [4.78, 5) is 0. The van der Waals surface area contributed by atoms with Crippen LogP contribution >= 0.6 is 11.8 Å². The zero-order valence-corrected chi connectivity index (χ0v) is 11.3. The van der Waals surface area contributed by atoms with Crippen LogP contribution in [0.15, 0.2) is 12.1 Å². The molecule has 0 aliphatic rings. The van der Waals surface area contributed by atoms with Crippen LogP contribution in [0.4, 0.5) is 0 Å². The first-order chi connectivity index (χ1) is 7.54. The Morgan fingerprint density at radius 1 is 1.31 bits per heavy atom. The molecule has 3 heteroatoms. The number of rotatable bonds is 5. The normalized spacial score (nSPS) is 12.8. The lowest BCUT2D eigenvalue weighted by Crippen LogP contribution is -2.22. The number of nitrogens with one attached hydrogen (secondary N) is 1. The molecule has 0 amide bonds. The van der Waals surface area contributed by atoms with Crippen LogP contribution in [-0.2, 0) is 6.54 Å². The van der Waals surface area contributed by atoms with Crippen molar-refractivity contribution in [3.05, 3.63) is 28.8 Å². The largest absolute Gasteiger partial charge is 0.508 e. The van der Waals surface area contributed by atoms with Crippen LogP contribution in [-0.4, -0.2) is 23.2 Å². The number of thioether (sulfide) groups is 1. The minimum Gasteiger partial charge on any atom is -0.508 e. The van der Waals surface area contributed by atoms with E-state index in [9.17, 15) is 5.11 Å². The molecule has 0 aliphatic heterocycles.